The smallest absolute Gasteiger partial charge is 0.351 e. The minimum Gasteiger partial charge on any atom is -0.351 e. The van der Waals surface area contributed by atoms with Crippen LogP contribution in [0.3, 0.4) is 0 Å². The van der Waals surface area contributed by atoms with Crippen molar-refractivity contribution in [1.29, 1.82) is 0 Å². The summed E-state index contributed by atoms with van der Waals surface area (Å²) in [6.45, 7) is 1.10. The Bertz CT molecular complexity index is 1430. The number of carbonyl (C=O) groups excluding carboxylic acids is 2. The highest BCUT2D eigenvalue weighted by Crippen LogP contribution is 2.34. The van der Waals surface area contributed by atoms with E-state index in [4.69, 9.17) is 11.6 Å². The third kappa shape index (κ3) is 6.20. The van der Waals surface area contributed by atoms with Gasteiger partial charge in [-0.05, 0) is 47.5 Å². The molecule has 3 aromatic rings. The van der Waals surface area contributed by atoms with Crippen LogP contribution in [-0.4, -0.2) is 55.1 Å². The Hall–Kier alpha value is -2.93. The number of hydrogen-bond donors (Lipinski definition) is 1. The first kappa shape index (κ1) is 28.1. The molecule has 2 amide bonds. The molecule has 2 heterocycles. The second-order valence-electron chi connectivity index (χ2n) is 8.63. The number of alkyl halides is 3. The summed E-state index contributed by atoms with van der Waals surface area (Å²) in [4.78, 5) is 27.3. The van der Waals surface area contributed by atoms with Crippen LogP contribution in [0, 0.1) is 0 Å². The summed E-state index contributed by atoms with van der Waals surface area (Å²) in [7, 11) is -4.10. The van der Waals surface area contributed by atoms with Gasteiger partial charge in [-0.1, -0.05) is 35.9 Å². The van der Waals surface area contributed by atoms with E-state index in [1.54, 1.807) is 30.3 Å². The molecule has 0 radical (unpaired) electrons. The summed E-state index contributed by atoms with van der Waals surface area (Å²) in [5.74, 6) is -0.961. The van der Waals surface area contributed by atoms with Gasteiger partial charge in [-0.15, -0.1) is 11.3 Å². The molecule has 202 valence electrons. The minimum absolute atomic E-state index is 0.0410. The van der Waals surface area contributed by atoms with E-state index in [9.17, 15) is 31.2 Å². The predicted octanol–water partition coefficient (Wildman–Crippen LogP) is 4.63. The van der Waals surface area contributed by atoms with Gasteiger partial charge in [0.15, 0.2) is 0 Å². The summed E-state index contributed by atoms with van der Waals surface area (Å²) < 4.78 is 66.8. The third-order valence-electron chi connectivity index (χ3n) is 6.10. The number of benzene rings is 2. The van der Waals surface area contributed by atoms with Crippen molar-refractivity contribution in [2.45, 2.75) is 29.9 Å². The van der Waals surface area contributed by atoms with E-state index < -0.39 is 33.7 Å². The normalized spacial score (nSPS) is 16.9. The summed E-state index contributed by atoms with van der Waals surface area (Å²) in [6.07, 6.45) is -4.48. The number of rotatable bonds is 6. The number of nitrogens with zero attached hydrogens (tertiary/aromatic N) is 2. The van der Waals surface area contributed by atoms with Crippen molar-refractivity contribution in [2.24, 2.45) is 0 Å². The SMILES string of the molecule is CC(=O)N1CCN(S(=O)(=O)c2ccc(-c3ccc(Cl)cc3)s2)C(C(=O)NCc2ccc(C(F)(F)F)cc2)C1. The van der Waals surface area contributed by atoms with Gasteiger partial charge in [-0.2, -0.15) is 17.5 Å². The van der Waals surface area contributed by atoms with Gasteiger partial charge in [0.2, 0.25) is 11.8 Å². The standard InChI is InChI=1S/C25H23ClF3N3O4S2/c1-16(33)31-12-13-32(38(35,36)23-11-10-22(37-23)18-4-8-20(26)9-5-18)21(15-31)24(34)30-14-17-2-6-19(7-3-17)25(27,28)29/h2-11,21H,12-15H2,1H3,(H,30,34). The summed E-state index contributed by atoms with van der Waals surface area (Å²) in [6, 6.07) is 13.2. The lowest BCUT2D eigenvalue weighted by Gasteiger charge is -2.39. The summed E-state index contributed by atoms with van der Waals surface area (Å²) in [5, 5.41) is 3.15. The zero-order chi connectivity index (χ0) is 27.7. The number of amides is 2. The predicted molar refractivity (Wildman–Crippen MR) is 138 cm³/mol. The number of carbonyl (C=O) groups is 2. The van der Waals surface area contributed by atoms with Crippen molar-refractivity contribution in [3.05, 3.63) is 76.8 Å². The molecule has 1 aromatic heterocycles. The molecule has 38 heavy (non-hydrogen) atoms. The fraction of sp³-hybridized carbons (Fsp3) is 0.280. The number of nitrogens with one attached hydrogen (secondary N) is 1. The molecule has 4 rings (SSSR count). The first-order chi connectivity index (χ1) is 17.9. The molecule has 1 N–H and O–H groups in total. The maximum atomic E-state index is 13.6. The molecular weight excluding hydrogens is 563 g/mol. The number of hydrogen-bond acceptors (Lipinski definition) is 5. The highest BCUT2D eigenvalue weighted by atomic mass is 35.5. The van der Waals surface area contributed by atoms with Gasteiger partial charge in [0.1, 0.15) is 10.3 Å². The molecule has 2 aromatic carbocycles. The molecule has 0 aliphatic carbocycles. The molecule has 1 atom stereocenters. The Morgan fingerprint density at radius 1 is 1.03 bits per heavy atom. The molecule has 1 aliphatic heterocycles. The molecule has 0 saturated carbocycles. The van der Waals surface area contributed by atoms with Crippen molar-refractivity contribution < 1.29 is 31.2 Å². The van der Waals surface area contributed by atoms with Gasteiger partial charge in [0, 0.05) is 43.0 Å². The minimum atomic E-state index is -4.48. The Labute approximate surface area is 226 Å². The van der Waals surface area contributed by atoms with Crippen molar-refractivity contribution in [2.75, 3.05) is 19.6 Å². The van der Waals surface area contributed by atoms with Gasteiger partial charge in [0.05, 0.1) is 5.56 Å². The lowest BCUT2D eigenvalue weighted by Crippen LogP contribution is -2.61. The number of sulfonamides is 1. The zero-order valence-corrected chi connectivity index (χ0v) is 22.4. The second-order valence-corrected chi connectivity index (χ2v) is 12.3. The van der Waals surface area contributed by atoms with Crippen molar-refractivity contribution in [3.8, 4) is 10.4 Å². The maximum absolute atomic E-state index is 13.6. The molecular formula is C25H23ClF3N3O4S2. The van der Waals surface area contributed by atoms with Crippen molar-refractivity contribution in [3.63, 3.8) is 0 Å². The Kier molecular flexibility index (Phi) is 8.17. The van der Waals surface area contributed by atoms with Crippen LogP contribution in [-0.2, 0) is 32.3 Å². The van der Waals surface area contributed by atoms with Gasteiger partial charge in [0.25, 0.3) is 10.0 Å². The third-order valence-corrected chi connectivity index (χ3v) is 9.86. The van der Waals surface area contributed by atoms with E-state index in [1.807, 2.05) is 0 Å². The largest absolute Gasteiger partial charge is 0.416 e. The first-order valence-electron chi connectivity index (χ1n) is 11.4. The van der Waals surface area contributed by atoms with Crippen LogP contribution in [0.4, 0.5) is 13.2 Å². The van der Waals surface area contributed by atoms with E-state index in [2.05, 4.69) is 5.32 Å². The van der Waals surface area contributed by atoms with E-state index in [1.165, 1.54) is 30.0 Å². The van der Waals surface area contributed by atoms with Crippen molar-refractivity contribution in [1.82, 2.24) is 14.5 Å². The van der Waals surface area contributed by atoms with E-state index in [0.717, 1.165) is 33.3 Å². The Morgan fingerprint density at radius 3 is 2.29 bits per heavy atom. The highest BCUT2D eigenvalue weighted by molar-refractivity contribution is 7.91. The molecule has 7 nitrogen and oxygen atoms in total. The topological polar surface area (TPSA) is 86.8 Å². The van der Waals surface area contributed by atoms with Crippen LogP contribution in [0.1, 0.15) is 18.1 Å². The van der Waals surface area contributed by atoms with Crippen molar-refractivity contribution >= 4 is 44.8 Å². The number of halogens is 4. The number of piperazine rings is 1. The maximum Gasteiger partial charge on any atom is 0.416 e. The van der Waals surface area contributed by atoms with Gasteiger partial charge in [-0.3, -0.25) is 9.59 Å². The van der Waals surface area contributed by atoms with Gasteiger partial charge >= 0.3 is 6.18 Å². The van der Waals surface area contributed by atoms with Crippen LogP contribution in [0.15, 0.2) is 64.9 Å². The van der Waals surface area contributed by atoms with Gasteiger partial charge in [-0.25, -0.2) is 8.42 Å². The van der Waals surface area contributed by atoms with Crippen LogP contribution in [0.25, 0.3) is 10.4 Å². The van der Waals surface area contributed by atoms with Crippen LogP contribution in [0.2, 0.25) is 5.02 Å². The second kappa shape index (κ2) is 11.0. The summed E-state index contributed by atoms with van der Waals surface area (Å²) in [5.41, 5.74) is 0.377. The molecule has 0 bridgehead atoms. The van der Waals surface area contributed by atoms with Crippen LogP contribution in [0.5, 0.6) is 0 Å². The quantitative estimate of drug-likeness (QED) is 0.457. The Balaban J connectivity index is 1.54. The lowest BCUT2D eigenvalue weighted by atomic mass is 10.1. The molecule has 0 spiro atoms. The zero-order valence-electron chi connectivity index (χ0n) is 20.0. The van der Waals surface area contributed by atoms with E-state index in [0.29, 0.717) is 15.5 Å². The first-order valence-corrected chi connectivity index (χ1v) is 14.1. The van der Waals surface area contributed by atoms with Crippen LogP contribution < -0.4 is 5.32 Å². The summed E-state index contributed by atoms with van der Waals surface area (Å²) >= 11 is 6.99. The molecule has 13 heteroatoms. The highest BCUT2D eigenvalue weighted by Gasteiger charge is 2.41. The molecule has 1 unspecified atom stereocenters. The van der Waals surface area contributed by atoms with E-state index in [-0.39, 0.29) is 36.3 Å². The molecule has 1 saturated heterocycles. The lowest BCUT2D eigenvalue weighted by molar-refractivity contribution is -0.138. The average Bonchev–Trinajstić information content (AvgIpc) is 3.38. The van der Waals surface area contributed by atoms with Gasteiger partial charge < -0.3 is 10.2 Å². The fourth-order valence-corrected chi connectivity index (χ4v) is 7.15. The van der Waals surface area contributed by atoms with Crippen LogP contribution >= 0.6 is 22.9 Å². The fourth-order valence-electron chi connectivity index (χ4n) is 4.02. The monoisotopic (exact) mass is 585 g/mol. The number of thiophene rings is 1. The molecule has 1 aliphatic rings. The van der Waals surface area contributed by atoms with E-state index >= 15 is 0 Å². The average molecular weight is 586 g/mol. The molecule has 1 fully saturated rings. The Morgan fingerprint density at radius 2 is 1.68 bits per heavy atom.